The van der Waals surface area contributed by atoms with Gasteiger partial charge in [-0.1, -0.05) is 26.0 Å². The summed E-state index contributed by atoms with van der Waals surface area (Å²) in [5, 5.41) is 17.6. The number of fused-ring (bicyclic) bond motifs is 1. The maximum Gasteiger partial charge on any atom is 0.143 e. The van der Waals surface area contributed by atoms with Gasteiger partial charge in [0, 0.05) is 11.1 Å². The zero-order chi connectivity index (χ0) is 10.1. The van der Waals surface area contributed by atoms with Gasteiger partial charge in [0.05, 0.1) is 0 Å². The summed E-state index contributed by atoms with van der Waals surface area (Å²) in [7, 11) is 0. The van der Waals surface area contributed by atoms with Crippen LogP contribution in [0.4, 0.5) is 0 Å². The summed E-state index contributed by atoms with van der Waals surface area (Å²) in [6.45, 7) is 4.32. The third kappa shape index (κ3) is 1.45. The van der Waals surface area contributed by atoms with E-state index in [4.69, 9.17) is 0 Å². The number of nitrogens with zero attached hydrogens (tertiary/aromatic N) is 1. The number of phenolic OH excluding ortho intramolecular Hbond substituents is 1. The van der Waals surface area contributed by atoms with Crippen LogP contribution in [0.15, 0.2) is 18.2 Å². The van der Waals surface area contributed by atoms with Crippen molar-refractivity contribution in [3.05, 3.63) is 23.9 Å². The second-order valence-electron chi connectivity index (χ2n) is 3.97. The van der Waals surface area contributed by atoms with E-state index in [0.29, 0.717) is 11.4 Å². The standard InChI is InChI=1S/C11H14N2O/c1-7(2)6-9-8-4-3-5-10(14)11(8)13-12-9/h3-5,7,14H,6H2,1-2H3,(H,12,13). The van der Waals surface area contributed by atoms with Gasteiger partial charge in [-0.05, 0) is 18.4 Å². The highest BCUT2D eigenvalue weighted by molar-refractivity contribution is 5.86. The molecule has 14 heavy (non-hydrogen) atoms. The predicted octanol–water partition coefficient (Wildman–Crippen LogP) is 2.47. The van der Waals surface area contributed by atoms with Gasteiger partial charge in [0.1, 0.15) is 11.3 Å². The first-order chi connectivity index (χ1) is 6.68. The van der Waals surface area contributed by atoms with Crippen molar-refractivity contribution in [3.8, 4) is 5.75 Å². The van der Waals surface area contributed by atoms with Crippen LogP contribution in [-0.2, 0) is 6.42 Å². The lowest BCUT2D eigenvalue weighted by Crippen LogP contribution is -1.94. The zero-order valence-corrected chi connectivity index (χ0v) is 8.41. The molecule has 0 aliphatic rings. The molecule has 0 radical (unpaired) electrons. The molecule has 2 N–H and O–H groups in total. The molecule has 0 aliphatic heterocycles. The normalized spacial score (nSPS) is 11.4. The lowest BCUT2D eigenvalue weighted by molar-refractivity contribution is 0.480. The van der Waals surface area contributed by atoms with E-state index in [2.05, 4.69) is 24.0 Å². The fourth-order valence-electron chi connectivity index (χ4n) is 1.64. The van der Waals surface area contributed by atoms with Crippen LogP contribution in [0.2, 0.25) is 0 Å². The lowest BCUT2D eigenvalue weighted by Gasteiger charge is -2.01. The summed E-state index contributed by atoms with van der Waals surface area (Å²) in [6, 6.07) is 5.48. The van der Waals surface area contributed by atoms with Crippen LogP contribution in [0.1, 0.15) is 19.5 Å². The van der Waals surface area contributed by atoms with Gasteiger partial charge in [-0.2, -0.15) is 5.10 Å². The van der Waals surface area contributed by atoms with Crippen molar-refractivity contribution >= 4 is 10.9 Å². The molecule has 1 heterocycles. The number of H-pyrrole nitrogens is 1. The largest absolute Gasteiger partial charge is 0.506 e. The summed E-state index contributed by atoms with van der Waals surface area (Å²) in [4.78, 5) is 0. The van der Waals surface area contributed by atoms with E-state index in [0.717, 1.165) is 17.5 Å². The zero-order valence-electron chi connectivity index (χ0n) is 8.41. The second-order valence-corrected chi connectivity index (χ2v) is 3.97. The van der Waals surface area contributed by atoms with E-state index in [1.165, 1.54) is 0 Å². The Morgan fingerprint density at radius 1 is 1.43 bits per heavy atom. The van der Waals surface area contributed by atoms with Crippen LogP contribution in [0.3, 0.4) is 0 Å². The molecule has 2 aromatic rings. The van der Waals surface area contributed by atoms with Crippen molar-refractivity contribution in [1.82, 2.24) is 10.2 Å². The van der Waals surface area contributed by atoms with Gasteiger partial charge < -0.3 is 5.11 Å². The van der Waals surface area contributed by atoms with Gasteiger partial charge in [0.15, 0.2) is 0 Å². The molecule has 3 nitrogen and oxygen atoms in total. The maximum absolute atomic E-state index is 9.54. The molecule has 0 aliphatic carbocycles. The minimum atomic E-state index is 0.244. The molecule has 1 aromatic carbocycles. The first-order valence-corrected chi connectivity index (χ1v) is 4.83. The fraction of sp³-hybridized carbons (Fsp3) is 0.364. The molecular weight excluding hydrogens is 176 g/mol. The van der Waals surface area contributed by atoms with E-state index in [1.807, 2.05) is 12.1 Å². The SMILES string of the molecule is CC(C)Cc1[nH]nc2c(O)cccc12. The molecule has 0 bridgehead atoms. The highest BCUT2D eigenvalue weighted by Crippen LogP contribution is 2.25. The number of para-hydroxylation sites is 1. The average molecular weight is 190 g/mol. The number of hydrogen-bond acceptors (Lipinski definition) is 2. The van der Waals surface area contributed by atoms with Crippen molar-refractivity contribution in [2.24, 2.45) is 5.92 Å². The van der Waals surface area contributed by atoms with E-state index in [9.17, 15) is 5.11 Å². The quantitative estimate of drug-likeness (QED) is 0.764. The van der Waals surface area contributed by atoms with Crippen molar-refractivity contribution in [3.63, 3.8) is 0 Å². The molecular formula is C11H14N2O. The number of rotatable bonds is 2. The predicted molar refractivity (Wildman–Crippen MR) is 56.3 cm³/mol. The topological polar surface area (TPSA) is 48.9 Å². The Morgan fingerprint density at radius 2 is 2.21 bits per heavy atom. The Morgan fingerprint density at radius 3 is 2.93 bits per heavy atom. The molecule has 0 spiro atoms. The van der Waals surface area contributed by atoms with E-state index in [1.54, 1.807) is 6.07 Å². The van der Waals surface area contributed by atoms with Crippen LogP contribution in [-0.4, -0.2) is 15.3 Å². The highest BCUT2D eigenvalue weighted by Gasteiger charge is 2.08. The van der Waals surface area contributed by atoms with E-state index < -0.39 is 0 Å². The van der Waals surface area contributed by atoms with Gasteiger partial charge in [0.2, 0.25) is 0 Å². The van der Waals surface area contributed by atoms with Gasteiger partial charge in [-0.3, -0.25) is 5.10 Å². The van der Waals surface area contributed by atoms with Gasteiger partial charge in [-0.25, -0.2) is 0 Å². The summed E-state index contributed by atoms with van der Waals surface area (Å²) >= 11 is 0. The summed E-state index contributed by atoms with van der Waals surface area (Å²) in [5.74, 6) is 0.828. The van der Waals surface area contributed by atoms with Gasteiger partial charge >= 0.3 is 0 Å². The first kappa shape index (κ1) is 9.06. The van der Waals surface area contributed by atoms with Crippen molar-refractivity contribution in [2.45, 2.75) is 20.3 Å². The molecule has 0 saturated carbocycles. The summed E-state index contributed by atoms with van der Waals surface area (Å²) in [6.07, 6.45) is 0.958. The molecule has 0 atom stereocenters. The number of nitrogens with one attached hydrogen (secondary N) is 1. The molecule has 3 heteroatoms. The molecule has 2 rings (SSSR count). The molecule has 0 fully saturated rings. The number of aromatic amines is 1. The lowest BCUT2D eigenvalue weighted by atomic mass is 10.1. The number of hydrogen-bond donors (Lipinski definition) is 2. The first-order valence-electron chi connectivity index (χ1n) is 4.83. The average Bonchev–Trinajstić information content (AvgIpc) is 2.49. The van der Waals surface area contributed by atoms with Crippen LogP contribution in [0.25, 0.3) is 10.9 Å². The Bertz CT molecular complexity index is 445. The van der Waals surface area contributed by atoms with Crippen LogP contribution < -0.4 is 0 Å². The maximum atomic E-state index is 9.54. The Labute approximate surface area is 82.8 Å². The van der Waals surface area contributed by atoms with Crippen molar-refractivity contribution in [1.29, 1.82) is 0 Å². The molecule has 0 unspecified atom stereocenters. The van der Waals surface area contributed by atoms with Crippen LogP contribution in [0.5, 0.6) is 5.75 Å². The molecule has 0 saturated heterocycles. The monoisotopic (exact) mass is 190 g/mol. The van der Waals surface area contributed by atoms with Crippen LogP contribution >= 0.6 is 0 Å². The van der Waals surface area contributed by atoms with Crippen molar-refractivity contribution < 1.29 is 5.11 Å². The van der Waals surface area contributed by atoms with E-state index >= 15 is 0 Å². The Balaban J connectivity index is 2.52. The summed E-state index contributed by atoms with van der Waals surface area (Å²) in [5.41, 5.74) is 1.77. The Kier molecular flexibility index (Phi) is 2.15. The minimum absolute atomic E-state index is 0.244. The molecule has 74 valence electrons. The van der Waals surface area contributed by atoms with Gasteiger partial charge in [-0.15, -0.1) is 0 Å². The number of phenols is 1. The van der Waals surface area contributed by atoms with Gasteiger partial charge in [0.25, 0.3) is 0 Å². The third-order valence-corrected chi connectivity index (χ3v) is 2.25. The number of aromatic nitrogens is 2. The fourth-order valence-corrected chi connectivity index (χ4v) is 1.64. The smallest absolute Gasteiger partial charge is 0.143 e. The molecule has 1 aromatic heterocycles. The Hall–Kier alpha value is -1.51. The second kappa shape index (κ2) is 3.33. The van der Waals surface area contributed by atoms with Crippen LogP contribution in [0, 0.1) is 5.92 Å². The highest BCUT2D eigenvalue weighted by atomic mass is 16.3. The number of benzene rings is 1. The molecule has 0 amide bonds. The number of aromatic hydroxyl groups is 1. The van der Waals surface area contributed by atoms with Crippen molar-refractivity contribution in [2.75, 3.05) is 0 Å². The summed E-state index contributed by atoms with van der Waals surface area (Å²) < 4.78 is 0. The third-order valence-electron chi connectivity index (χ3n) is 2.25. The van der Waals surface area contributed by atoms with E-state index in [-0.39, 0.29) is 5.75 Å². The minimum Gasteiger partial charge on any atom is -0.506 e.